The van der Waals surface area contributed by atoms with Crippen molar-refractivity contribution in [2.45, 2.75) is 32.6 Å². The van der Waals surface area contributed by atoms with Gasteiger partial charge in [-0.1, -0.05) is 19.8 Å². The fraction of sp³-hybridized carbons (Fsp3) is 0.438. The summed E-state index contributed by atoms with van der Waals surface area (Å²) in [5, 5.41) is 0. The minimum absolute atomic E-state index is 0.199. The summed E-state index contributed by atoms with van der Waals surface area (Å²) in [6, 6.07) is 5.65. The van der Waals surface area contributed by atoms with E-state index in [-0.39, 0.29) is 11.7 Å². The zero-order valence-electron chi connectivity index (χ0n) is 11.2. The number of aromatic nitrogens is 2. The molecular weight excluding hydrogens is 236 g/mol. The first-order valence-electron chi connectivity index (χ1n) is 6.99. The summed E-state index contributed by atoms with van der Waals surface area (Å²) in [5.74, 6) is 1.25. The van der Waals surface area contributed by atoms with Gasteiger partial charge in [-0.15, -0.1) is 0 Å². The molecule has 1 fully saturated rings. The molecule has 1 aliphatic rings. The van der Waals surface area contributed by atoms with E-state index in [9.17, 15) is 4.79 Å². The van der Waals surface area contributed by atoms with E-state index in [1.807, 2.05) is 18.2 Å². The molecule has 0 atom stereocenters. The molecule has 1 aliphatic carbocycles. The monoisotopic (exact) mass is 254 g/mol. The van der Waals surface area contributed by atoms with Crippen LogP contribution in [0.5, 0.6) is 0 Å². The Morgan fingerprint density at radius 1 is 1.05 bits per heavy atom. The van der Waals surface area contributed by atoms with E-state index in [0.29, 0.717) is 0 Å². The molecule has 0 saturated heterocycles. The molecule has 0 unspecified atom stereocenters. The van der Waals surface area contributed by atoms with E-state index in [1.165, 1.54) is 12.8 Å². The molecule has 3 rings (SSSR count). The molecule has 19 heavy (non-hydrogen) atoms. The van der Waals surface area contributed by atoms with Gasteiger partial charge < -0.3 is 0 Å². The van der Waals surface area contributed by atoms with Crippen LogP contribution in [0, 0.1) is 11.8 Å². The Hall–Kier alpha value is -1.77. The third-order valence-electron chi connectivity index (χ3n) is 4.14. The van der Waals surface area contributed by atoms with Gasteiger partial charge in [0, 0.05) is 23.9 Å². The number of hydrogen-bond donors (Lipinski definition) is 0. The van der Waals surface area contributed by atoms with Crippen LogP contribution in [0.2, 0.25) is 0 Å². The highest BCUT2D eigenvalue weighted by atomic mass is 16.1. The highest BCUT2D eigenvalue weighted by Gasteiger charge is 2.25. The number of nitrogens with zero attached hydrogens (tertiary/aromatic N) is 2. The molecular formula is C16H18N2O. The maximum absolute atomic E-state index is 12.5. The lowest BCUT2D eigenvalue weighted by Crippen LogP contribution is -2.20. The quantitative estimate of drug-likeness (QED) is 0.768. The molecule has 2 aromatic rings. The Morgan fingerprint density at radius 3 is 2.47 bits per heavy atom. The van der Waals surface area contributed by atoms with Crippen LogP contribution in [-0.2, 0) is 0 Å². The van der Waals surface area contributed by atoms with Gasteiger partial charge in [0.2, 0.25) is 0 Å². The van der Waals surface area contributed by atoms with Crippen LogP contribution in [0.4, 0.5) is 0 Å². The molecule has 98 valence electrons. The van der Waals surface area contributed by atoms with Crippen molar-refractivity contribution in [3.05, 3.63) is 36.2 Å². The fourth-order valence-electron chi connectivity index (χ4n) is 2.87. The first-order valence-corrected chi connectivity index (χ1v) is 6.99. The zero-order valence-corrected chi connectivity index (χ0v) is 11.2. The van der Waals surface area contributed by atoms with Crippen molar-refractivity contribution in [2.24, 2.45) is 11.8 Å². The van der Waals surface area contributed by atoms with Crippen LogP contribution >= 0.6 is 0 Å². The topological polar surface area (TPSA) is 42.9 Å². The lowest BCUT2D eigenvalue weighted by atomic mass is 9.79. The minimum atomic E-state index is 0.199. The number of benzene rings is 1. The molecule has 1 aromatic heterocycles. The Kier molecular flexibility index (Phi) is 3.28. The summed E-state index contributed by atoms with van der Waals surface area (Å²) in [4.78, 5) is 21.0. The highest BCUT2D eigenvalue weighted by Crippen LogP contribution is 2.30. The third kappa shape index (κ3) is 2.50. The molecule has 0 amide bonds. The second-order valence-corrected chi connectivity index (χ2v) is 5.58. The fourth-order valence-corrected chi connectivity index (χ4v) is 2.87. The second kappa shape index (κ2) is 5.08. The SMILES string of the molecule is CC1CCC(C(=O)c2ccc3nccnc3c2)CC1. The molecule has 1 aromatic carbocycles. The van der Waals surface area contributed by atoms with Gasteiger partial charge in [-0.3, -0.25) is 14.8 Å². The van der Waals surface area contributed by atoms with Gasteiger partial charge in [0.25, 0.3) is 0 Å². The molecule has 3 nitrogen and oxygen atoms in total. The van der Waals surface area contributed by atoms with Gasteiger partial charge in [0.05, 0.1) is 11.0 Å². The summed E-state index contributed by atoms with van der Waals surface area (Å²) in [7, 11) is 0. The average Bonchev–Trinajstić information content (AvgIpc) is 2.47. The normalized spacial score (nSPS) is 23.4. The summed E-state index contributed by atoms with van der Waals surface area (Å²) in [5.41, 5.74) is 2.43. The number of fused-ring (bicyclic) bond motifs is 1. The van der Waals surface area contributed by atoms with Gasteiger partial charge in [-0.25, -0.2) is 0 Å². The van der Waals surface area contributed by atoms with Crippen LogP contribution in [0.3, 0.4) is 0 Å². The van der Waals surface area contributed by atoms with E-state index in [0.717, 1.165) is 35.4 Å². The number of ketones is 1. The Morgan fingerprint density at radius 2 is 1.74 bits per heavy atom. The number of carbonyl (C=O) groups is 1. The lowest BCUT2D eigenvalue weighted by molar-refractivity contribution is 0.0876. The predicted molar refractivity (Wildman–Crippen MR) is 75.0 cm³/mol. The number of rotatable bonds is 2. The van der Waals surface area contributed by atoms with E-state index in [4.69, 9.17) is 0 Å². The Bertz CT molecular complexity index is 600. The molecule has 1 saturated carbocycles. The highest BCUT2D eigenvalue weighted by molar-refractivity contribution is 6.00. The zero-order chi connectivity index (χ0) is 13.2. The lowest BCUT2D eigenvalue weighted by Gasteiger charge is -2.25. The van der Waals surface area contributed by atoms with Gasteiger partial charge in [-0.2, -0.15) is 0 Å². The van der Waals surface area contributed by atoms with Crippen LogP contribution < -0.4 is 0 Å². The maximum Gasteiger partial charge on any atom is 0.166 e. The molecule has 1 heterocycles. The number of Topliss-reactive ketones (excluding diaryl/α,β-unsaturated/α-hetero) is 1. The van der Waals surface area contributed by atoms with Crippen molar-refractivity contribution in [2.75, 3.05) is 0 Å². The van der Waals surface area contributed by atoms with E-state index >= 15 is 0 Å². The molecule has 3 heteroatoms. The van der Waals surface area contributed by atoms with E-state index in [2.05, 4.69) is 16.9 Å². The summed E-state index contributed by atoms with van der Waals surface area (Å²) in [6.07, 6.45) is 7.73. The smallest absolute Gasteiger partial charge is 0.166 e. The molecule has 0 aliphatic heterocycles. The van der Waals surface area contributed by atoms with Crippen molar-refractivity contribution in [3.8, 4) is 0 Å². The third-order valence-corrected chi connectivity index (χ3v) is 4.14. The molecule has 0 spiro atoms. The molecule has 0 radical (unpaired) electrons. The van der Waals surface area contributed by atoms with Gasteiger partial charge >= 0.3 is 0 Å². The number of carbonyl (C=O) groups excluding carboxylic acids is 1. The molecule has 0 N–H and O–H groups in total. The van der Waals surface area contributed by atoms with Gasteiger partial charge in [0.1, 0.15) is 0 Å². The summed E-state index contributed by atoms with van der Waals surface area (Å²) >= 11 is 0. The summed E-state index contributed by atoms with van der Waals surface area (Å²) < 4.78 is 0. The Labute approximate surface area is 113 Å². The van der Waals surface area contributed by atoms with Crippen LogP contribution in [0.25, 0.3) is 11.0 Å². The van der Waals surface area contributed by atoms with Crippen molar-refractivity contribution >= 4 is 16.8 Å². The molecule has 0 bridgehead atoms. The number of hydrogen-bond acceptors (Lipinski definition) is 3. The second-order valence-electron chi connectivity index (χ2n) is 5.58. The standard InChI is InChI=1S/C16H18N2O/c1-11-2-4-12(5-3-11)16(19)13-6-7-14-15(10-13)18-9-8-17-14/h6-12H,2-5H2,1H3. The minimum Gasteiger partial charge on any atom is -0.294 e. The first kappa shape index (κ1) is 12.3. The largest absolute Gasteiger partial charge is 0.294 e. The van der Waals surface area contributed by atoms with Crippen molar-refractivity contribution in [1.82, 2.24) is 9.97 Å². The van der Waals surface area contributed by atoms with Crippen LogP contribution in [-0.4, -0.2) is 15.8 Å². The predicted octanol–water partition coefficient (Wildman–Crippen LogP) is 3.64. The Balaban J connectivity index is 1.85. The van der Waals surface area contributed by atoms with Crippen LogP contribution in [0.1, 0.15) is 43.0 Å². The van der Waals surface area contributed by atoms with Crippen molar-refractivity contribution in [3.63, 3.8) is 0 Å². The van der Waals surface area contributed by atoms with E-state index in [1.54, 1.807) is 12.4 Å². The summed E-state index contributed by atoms with van der Waals surface area (Å²) in [6.45, 7) is 2.27. The van der Waals surface area contributed by atoms with Gasteiger partial charge in [-0.05, 0) is 37.0 Å². The van der Waals surface area contributed by atoms with Crippen molar-refractivity contribution in [1.29, 1.82) is 0 Å². The first-order chi connectivity index (χ1) is 9.24. The maximum atomic E-state index is 12.5. The average molecular weight is 254 g/mol. The van der Waals surface area contributed by atoms with E-state index < -0.39 is 0 Å². The van der Waals surface area contributed by atoms with Crippen LogP contribution in [0.15, 0.2) is 30.6 Å². The van der Waals surface area contributed by atoms with Crippen molar-refractivity contribution < 1.29 is 4.79 Å². The van der Waals surface area contributed by atoms with Gasteiger partial charge in [0.15, 0.2) is 5.78 Å².